The Hall–Kier alpha value is -0.570. The van der Waals surface area contributed by atoms with E-state index < -0.39 is 0 Å². The minimum absolute atomic E-state index is 0. The molecule has 0 spiro atoms. The highest BCUT2D eigenvalue weighted by Gasteiger charge is 2.04. The molecule has 4 nitrogen and oxygen atoms in total. The average Bonchev–Trinajstić information content (AvgIpc) is 2.93. The summed E-state index contributed by atoms with van der Waals surface area (Å²) >= 11 is 13.8. The number of halogens is 3. The molecule has 0 aliphatic carbocycles. The second kappa shape index (κ2) is 11.1. The van der Waals surface area contributed by atoms with Gasteiger partial charge >= 0.3 is 0 Å². The van der Waals surface area contributed by atoms with Crippen LogP contribution in [0.1, 0.15) is 22.7 Å². The Labute approximate surface area is 174 Å². The lowest BCUT2D eigenvalue weighted by atomic mass is 10.2. The van der Waals surface area contributed by atoms with Crippen molar-refractivity contribution in [2.24, 2.45) is 4.99 Å². The lowest BCUT2D eigenvalue weighted by Gasteiger charge is -2.12. The van der Waals surface area contributed by atoms with E-state index in [4.69, 9.17) is 23.2 Å². The Bertz CT molecular complexity index is 676. The number of nitrogens with one attached hydrogen (secondary N) is 2. The molecule has 0 fully saturated rings. The molecule has 8 heteroatoms. The van der Waals surface area contributed by atoms with Gasteiger partial charge in [0.15, 0.2) is 5.96 Å². The van der Waals surface area contributed by atoms with E-state index in [0.29, 0.717) is 16.6 Å². The van der Waals surface area contributed by atoms with Gasteiger partial charge < -0.3 is 10.6 Å². The van der Waals surface area contributed by atoms with Gasteiger partial charge in [-0.2, -0.15) is 0 Å². The van der Waals surface area contributed by atoms with E-state index in [0.717, 1.165) is 36.6 Å². The van der Waals surface area contributed by atoms with Gasteiger partial charge in [-0.1, -0.05) is 29.3 Å². The molecular formula is C16H21Cl2IN4S. The van der Waals surface area contributed by atoms with E-state index in [1.165, 1.54) is 5.01 Å². The van der Waals surface area contributed by atoms with Gasteiger partial charge in [0.05, 0.1) is 5.01 Å². The second-order valence-corrected chi connectivity index (χ2v) is 6.86. The third kappa shape index (κ3) is 7.13. The highest BCUT2D eigenvalue weighted by atomic mass is 127. The van der Waals surface area contributed by atoms with E-state index >= 15 is 0 Å². The molecule has 0 unspecified atom stereocenters. The van der Waals surface area contributed by atoms with Gasteiger partial charge in [0.1, 0.15) is 0 Å². The first-order chi connectivity index (χ1) is 11.1. The fraction of sp³-hybridized carbons (Fsp3) is 0.375. The van der Waals surface area contributed by atoms with Crippen LogP contribution in [0.5, 0.6) is 0 Å². The number of guanidine groups is 1. The fourth-order valence-corrected chi connectivity index (χ4v) is 3.32. The Morgan fingerprint density at radius 3 is 2.71 bits per heavy atom. The first-order valence-electron chi connectivity index (χ1n) is 7.38. The lowest BCUT2D eigenvalue weighted by Crippen LogP contribution is -2.37. The van der Waals surface area contributed by atoms with Crippen LogP contribution in [0, 0.1) is 6.92 Å². The van der Waals surface area contributed by atoms with Crippen molar-refractivity contribution >= 4 is 64.5 Å². The summed E-state index contributed by atoms with van der Waals surface area (Å²) in [4.78, 5) is 8.67. The van der Waals surface area contributed by atoms with Crippen molar-refractivity contribution in [3.05, 3.63) is 49.9 Å². The molecule has 2 rings (SSSR count). The first-order valence-corrected chi connectivity index (χ1v) is 9.01. The van der Waals surface area contributed by atoms with E-state index in [9.17, 15) is 0 Å². The smallest absolute Gasteiger partial charge is 0.191 e. The zero-order valence-corrected chi connectivity index (χ0v) is 18.3. The molecule has 1 heterocycles. The molecule has 2 aromatic rings. The van der Waals surface area contributed by atoms with E-state index in [1.807, 2.05) is 19.1 Å². The van der Waals surface area contributed by atoms with Crippen LogP contribution in [0.15, 0.2) is 28.6 Å². The Kier molecular flexibility index (Phi) is 9.95. The average molecular weight is 499 g/mol. The zero-order valence-electron chi connectivity index (χ0n) is 13.6. The number of aliphatic imine (C=N–C) groups is 1. The Morgan fingerprint density at radius 1 is 1.29 bits per heavy atom. The van der Waals surface area contributed by atoms with Crippen LogP contribution in [0.3, 0.4) is 0 Å². The van der Waals surface area contributed by atoms with Gasteiger partial charge in [-0.25, -0.2) is 4.98 Å². The lowest BCUT2D eigenvalue weighted by molar-refractivity contribution is 0.739. The van der Waals surface area contributed by atoms with Gasteiger partial charge in [0.25, 0.3) is 0 Å². The Morgan fingerprint density at radius 2 is 2.08 bits per heavy atom. The van der Waals surface area contributed by atoms with Crippen molar-refractivity contribution in [3.8, 4) is 0 Å². The van der Waals surface area contributed by atoms with Crippen LogP contribution in [0.2, 0.25) is 10.0 Å². The number of nitrogens with zero attached hydrogens (tertiary/aromatic N) is 2. The number of hydrogen-bond acceptors (Lipinski definition) is 3. The maximum absolute atomic E-state index is 6.16. The maximum Gasteiger partial charge on any atom is 0.191 e. The number of thiazole rings is 1. The number of benzene rings is 1. The van der Waals surface area contributed by atoms with Crippen LogP contribution in [0.4, 0.5) is 0 Å². The molecule has 0 amide bonds. The van der Waals surface area contributed by atoms with Gasteiger partial charge in [0.2, 0.25) is 0 Å². The van der Waals surface area contributed by atoms with Crippen LogP contribution in [-0.2, 0) is 13.0 Å². The van der Waals surface area contributed by atoms with Crippen LogP contribution < -0.4 is 10.6 Å². The molecule has 0 bridgehead atoms. The quantitative estimate of drug-likeness (QED) is 0.263. The van der Waals surface area contributed by atoms with Gasteiger partial charge in [-0.05, 0) is 31.0 Å². The van der Waals surface area contributed by atoms with Crippen molar-refractivity contribution in [3.63, 3.8) is 0 Å². The van der Waals surface area contributed by atoms with Crippen molar-refractivity contribution in [1.82, 2.24) is 15.6 Å². The first kappa shape index (κ1) is 21.5. The molecular weight excluding hydrogens is 478 g/mol. The number of hydrogen-bond donors (Lipinski definition) is 2. The maximum atomic E-state index is 6.16. The minimum atomic E-state index is 0. The molecule has 2 N–H and O–H groups in total. The van der Waals surface area contributed by atoms with Gasteiger partial charge in [0, 0.05) is 47.7 Å². The van der Waals surface area contributed by atoms with Gasteiger partial charge in [-0.15, -0.1) is 35.3 Å². The molecule has 0 aliphatic rings. The largest absolute Gasteiger partial charge is 0.356 e. The summed E-state index contributed by atoms with van der Waals surface area (Å²) in [6.07, 6.45) is 1.99. The molecule has 0 atom stereocenters. The standard InChI is InChI=1S/C16H20Cl2N4S.HI/c1-11-10-23-15(22-11)4-3-7-20-16(19-2)21-9-12-5-6-13(17)8-14(12)18;/h5-6,8,10H,3-4,7,9H2,1-2H3,(H2,19,20,21);1H. The predicted octanol–water partition coefficient (Wildman–Crippen LogP) is 4.67. The summed E-state index contributed by atoms with van der Waals surface area (Å²) in [5, 5.41) is 11.1. The minimum Gasteiger partial charge on any atom is -0.356 e. The zero-order chi connectivity index (χ0) is 16.7. The predicted molar refractivity (Wildman–Crippen MR) is 115 cm³/mol. The van der Waals surface area contributed by atoms with Crippen LogP contribution in [0.25, 0.3) is 0 Å². The van der Waals surface area contributed by atoms with Gasteiger partial charge in [-0.3, -0.25) is 4.99 Å². The number of aryl methyl sites for hydroxylation is 2. The highest BCUT2D eigenvalue weighted by molar-refractivity contribution is 14.0. The number of aromatic nitrogens is 1. The summed E-state index contributed by atoms with van der Waals surface area (Å²) in [6.45, 7) is 3.46. The molecule has 132 valence electrons. The fourth-order valence-electron chi connectivity index (χ4n) is 2.03. The molecule has 0 saturated heterocycles. The Balaban J connectivity index is 0.00000288. The highest BCUT2D eigenvalue weighted by Crippen LogP contribution is 2.20. The van der Waals surface area contributed by atoms with E-state index in [-0.39, 0.29) is 24.0 Å². The van der Waals surface area contributed by atoms with Crippen LogP contribution >= 0.6 is 58.5 Å². The third-order valence-electron chi connectivity index (χ3n) is 3.21. The van der Waals surface area contributed by atoms with Crippen molar-refractivity contribution in [1.29, 1.82) is 0 Å². The summed E-state index contributed by atoms with van der Waals surface area (Å²) in [6, 6.07) is 5.48. The van der Waals surface area contributed by atoms with Crippen molar-refractivity contribution in [2.45, 2.75) is 26.3 Å². The number of rotatable bonds is 6. The third-order valence-corrected chi connectivity index (χ3v) is 4.82. The molecule has 0 saturated carbocycles. The second-order valence-electron chi connectivity index (χ2n) is 5.07. The summed E-state index contributed by atoms with van der Waals surface area (Å²) in [5.41, 5.74) is 2.08. The van der Waals surface area contributed by atoms with Crippen molar-refractivity contribution in [2.75, 3.05) is 13.6 Å². The molecule has 1 aromatic carbocycles. The summed E-state index contributed by atoms with van der Waals surface area (Å²) in [5.74, 6) is 0.756. The summed E-state index contributed by atoms with van der Waals surface area (Å²) in [7, 11) is 1.75. The monoisotopic (exact) mass is 498 g/mol. The normalized spacial score (nSPS) is 11.1. The summed E-state index contributed by atoms with van der Waals surface area (Å²) < 4.78 is 0. The molecule has 0 aliphatic heterocycles. The van der Waals surface area contributed by atoms with E-state index in [1.54, 1.807) is 24.5 Å². The SMILES string of the molecule is CN=C(NCCCc1nc(C)cs1)NCc1ccc(Cl)cc1Cl.I. The van der Waals surface area contributed by atoms with Crippen molar-refractivity contribution < 1.29 is 0 Å². The van der Waals surface area contributed by atoms with E-state index in [2.05, 4.69) is 26.0 Å². The molecule has 24 heavy (non-hydrogen) atoms. The molecule has 1 aromatic heterocycles. The van der Waals surface area contributed by atoms with Crippen LogP contribution in [-0.4, -0.2) is 24.5 Å². The molecule has 0 radical (unpaired) electrons. The topological polar surface area (TPSA) is 49.3 Å².